The number of rotatable bonds is 10. The van der Waals surface area contributed by atoms with Gasteiger partial charge < -0.3 is 10.3 Å². The zero-order chi connectivity index (χ0) is 27.4. The number of nitrogens with one attached hydrogen (secondary N) is 3. The SMILES string of the molecule is C=C/C(=C\C(=C/C)c1ccc2[nH]nc(-c3nc4c(-c5ccccc5F)nccc4[nH]3)c2n1)NC(=C)CCCC. The quantitative estimate of drug-likeness (QED) is 0.166. The Balaban J connectivity index is 1.53. The molecular weight excluding hydrogens is 489 g/mol. The summed E-state index contributed by atoms with van der Waals surface area (Å²) in [5, 5.41) is 10.9. The van der Waals surface area contributed by atoms with Crippen LogP contribution >= 0.6 is 0 Å². The number of nitrogens with zero attached hydrogens (tertiary/aromatic N) is 4. The van der Waals surface area contributed by atoms with Gasteiger partial charge >= 0.3 is 0 Å². The van der Waals surface area contributed by atoms with Crippen molar-refractivity contribution in [1.82, 2.24) is 35.5 Å². The highest BCUT2D eigenvalue weighted by molar-refractivity contribution is 5.95. The molecule has 196 valence electrons. The fourth-order valence-corrected chi connectivity index (χ4v) is 4.40. The minimum Gasteiger partial charge on any atom is -0.359 e. The zero-order valence-corrected chi connectivity index (χ0v) is 22.1. The van der Waals surface area contributed by atoms with Crippen LogP contribution in [0.5, 0.6) is 0 Å². The van der Waals surface area contributed by atoms with Gasteiger partial charge in [0, 0.05) is 23.2 Å². The standard InChI is InChI=1S/C31H30FN7/c1-5-8-11-19(4)34-21(7-3)18-20(6-2)24-14-15-26-29(35-24)30(39-38-26)31-36-25-16-17-33-27(28(25)37-31)22-12-9-10-13-23(22)32/h6-7,9-10,12-18,34H,3-5,8,11H2,1-2H3,(H,36,37)(H,38,39)/b20-6+,21-18+. The smallest absolute Gasteiger partial charge is 0.161 e. The number of unbranched alkanes of at least 4 members (excludes halogenated alkanes) is 1. The Bertz CT molecular complexity index is 1740. The van der Waals surface area contributed by atoms with Gasteiger partial charge in [0.25, 0.3) is 0 Å². The zero-order valence-electron chi connectivity index (χ0n) is 22.1. The van der Waals surface area contributed by atoms with E-state index in [1.54, 1.807) is 30.5 Å². The molecule has 0 aliphatic heterocycles. The predicted octanol–water partition coefficient (Wildman–Crippen LogP) is 7.47. The molecule has 5 aromatic rings. The molecule has 8 heteroatoms. The molecule has 7 nitrogen and oxygen atoms in total. The molecule has 39 heavy (non-hydrogen) atoms. The fraction of sp³-hybridized carbons (Fsp3) is 0.161. The Morgan fingerprint density at radius 2 is 1.87 bits per heavy atom. The maximum atomic E-state index is 14.6. The molecule has 4 heterocycles. The monoisotopic (exact) mass is 519 g/mol. The number of hydrogen-bond acceptors (Lipinski definition) is 5. The predicted molar refractivity (Wildman–Crippen MR) is 156 cm³/mol. The summed E-state index contributed by atoms with van der Waals surface area (Å²) in [6, 6.07) is 12.2. The Morgan fingerprint density at radius 1 is 1.05 bits per heavy atom. The average molecular weight is 520 g/mol. The first kappa shape index (κ1) is 25.8. The highest BCUT2D eigenvalue weighted by Crippen LogP contribution is 2.31. The van der Waals surface area contributed by atoms with Crippen LogP contribution in [-0.2, 0) is 0 Å². The van der Waals surface area contributed by atoms with E-state index >= 15 is 0 Å². The van der Waals surface area contributed by atoms with Gasteiger partial charge in [0.15, 0.2) is 11.5 Å². The van der Waals surface area contributed by atoms with Crippen molar-refractivity contribution in [2.24, 2.45) is 0 Å². The molecule has 0 fully saturated rings. The topological polar surface area (TPSA) is 95.2 Å². The third-order valence-corrected chi connectivity index (χ3v) is 6.45. The van der Waals surface area contributed by atoms with Crippen LogP contribution in [0, 0.1) is 5.82 Å². The molecule has 4 aromatic heterocycles. The number of allylic oxidation sites excluding steroid dienone is 5. The number of pyridine rings is 2. The molecule has 1 aromatic carbocycles. The van der Waals surface area contributed by atoms with Crippen molar-refractivity contribution in [3.63, 3.8) is 0 Å². The van der Waals surface area contributed by atoms with Gasteiger partial charge in [-0.15, -0.1) is 0 Å². The first-order valence-electron chi connectivity index (χ1n) is 12.9. The lowest BCUT2D eigenvalue weighted by molar-refractivity contribution is 0.631. The molecule has 5 rings (SSSR count). The van der Waals surface area contributed by atoms with Crippen molar-refractivity contribution in [2.75, 3.05) is 0 Å². The van der Waals surface area contributed by atoms with E-state index in [4.69, 9.17) is 9.97 Å². The summed E-state index contributed by atoms with van der Waals surface area (Å²) in [6.07, 6.45) is 10.5. The van der Waals surface area contributed by atoms with Crippen LogP contribution in [0.25, 0.3) is 50.4 Å². The van der Waals surface area contributed by atoms with Crippen molar-refractivity contribution in [1.29, 1.82) is 0 Å². The number of aromatic amines is 2. The van der Waals surface area contributed by atoms with Gasteiger partial charge in [-0.1, -0.05) is 44.7 Å². The van der Waals surface area contributed by atoms with Crippen LogP contribution in [-0.4, -0.2) is 30.1 Å². The number of halogens is 1. The molecular formula is C31H30FN7. The van der Waals surface area contributed by atoms with Crippen molar-refractivity contribution >= 4 is 27.6 Å². The van der Waals surface area contributed by atoms with E-state index in [0.29, 0.717) is 33.8 Å². The number of fused-ring (bicyclic) bond motifs is 2. The highest BCUT2D eigenvalue weighted by Gasteiger charge is 2.18. The van der Waals surface area contributed by atoms with Crippen molar-refractivity contribution in [2.45, 2.75) is 33.1 Å². The molecule has 0 radical (unpaired) electrons. The van der Waals surface area contributed by atoms with Crippen molar-refractivity contribution in [3.8, 4) is 22.8 Å². The summed E-state index contributed by atoms with van der Waals surface area (Å²) in [6.45, 7) is 12.2. The molecule has 3 N–H and O–H groups in total. The highest BCUT2D eigenvalue weighted by atomic mass is 19.1. The van der Waals surface area contributed by atoms with E-state index in [1.807, 2.05) is 37.3 Å². The summed E-state index contributed by atoms with van der Waals surface area (Å²) < 4.78 is 14.6. The lowest BCUT2D eigenvalue weighted by Crippen LogP contribution is -2.10. The van der Waals surface area contributed by atoms with Gasteiger partial charge in [-0.3, -0.25) is 10.1 Å². The normalized spacial score (nSPS) is 12.3. The fourth-order valence-electron chi connectivity index (χ4n) is 4.40. The minimum atomic E-state index is -0.354. The van der Waals surface area contributed by atoms with Crippen molar-refractivity contribution in [3.05, 3.63) is 103 Å². The van der Waals surface area contributed by atoms with E-state index in [0.717, 1.165) is 53.0 Å². The van der Waals surface area contributed by atoms with E-state index in [-0.39, 0.29) is 5.82 Å². The van der Waals surface area contributed by atoms with E-state index < -0.39 is 0 Å². The number of imidazole rings is 1. The molecule has 0 spiro atoms. The summed E-state index contributed by atoms with van der Waals surface area (Å²) in [7, 11) is 0. The van der Waals surface area contributed by atoms with Crippen LogP contribution in [0.15, 0.2) is 91.4 Å². The van der Waals surface area contributed by atoms with Crippen molar-refractivity contribution < 1.29 is 4.39 Å². The van der Waals surface area contributed by atoms with Gasteiger partial charge in [0.2, 0.25) is 0 Å². The molecule has 0 saturated heterocycles. The molecule has 0 atom stereocenters. The molecule has 0 unspecified atom stereocenters. The third kappa shape index (κ3) is 5.27. The number of aromatic nitrogens is 6. The van der Waals surface area contributed by atoms with Gasteiger partial charge in [-0.25, -0.2) is 14.4 Å². The second-order valence-corrected chi connectivity index (χ2v) is 9.17. The molecule has 0 saturated carbocycles. The van der Waals surface area contributed by atoms with Crippen LogP contribution in [0.3, 0.4) is 0 Å². The lowest BCUT2D eigenvalue weighted by atomic mass is 10.1. The van der Waals surface area contributed by atoms with Gasteiger partial charge in [0.05, 0.1) is 16.7 Å². The summed E-state index contributed by atoms with van der Waals surface area (Å²) in [4.78, 5) is 17.4. The van der Waals surface area contributed by atoms with E-state index in [2.05, 4.69) is 45.6 Å². The average Bonchev–Trinajstić information content (AvgIpc) is 3.58. The minimum absolute atomic E-state index is 0.354. The van der Waals surface area contributed by atoms with Crippen LogP contribution < -0.4 is 5.32 Å². The molecule has 0 bridgehead atoms. The summed E-state index contributed by atoms with van der Waals surface area (Å²) in [5.41, 5.74) is 7.66. The van der Waals surface area contributed by atoms with Gasteiger partial charge in [0.1, 0.15) is 22.5 Å². The Hall–Kier alpha value is -4.85. The van der Waals surface area contributed by atoms with E-state index in [1.165, 1.54) is 6.07 Å². The van der Waals surface area contributed by atoms with E-state index in [9.17, 15) is 4.39 Å². The van der Waals surface area contributed by atoms with Crippen LogP contribution in [0.4, 0.5) is 4.39 Å². The second-order valence-electron chi connectivity index (χ2n) is 9.17. The third-order valence-electron chi connectivity index (χ3n) is 6.45. The first-order chi connectivity index (χ1) is 19.0. The lowest BCUT2D eigenvalue weighted by Gasteiger charge is -2.11. The largest absolute Gasteiger partial charge is 0.359 e. The Morgan fingerprint density at radius 3 is 2.64 bits per heavy atom. The second kappa shape index (κ2) is 11.3. The summed E-state index contributed by atoms with van der Waals surface area (Å²) >= 11 is 0. The van der Waals surface area contributed by atoms with Crippen LogP contribution in [0.1, 0.15) is 38.8 Å². The van der Waals surface area contributed by atoms with Gasteiger partial charge in [-0.2, -0.15) is 5.10 Å². The molecule has 0 aliphatic rings. The maximum absolute atomic E-state index is 14.6. The Labute approximate surface area is 226 Å². The number of H-pyrrole nitrogens is 2. The molecule has 0 aliphatic carbocycles. The first-order valence-corrected chi connectivity index (χ1v) is 12.9. The Kier molecular flexibility index (Phi) is 7.45. The maximum Gasteiger partial charge on any atom is 0.161 e. The summed E-state index contributed by atoms with van der Waals surface area (Å²) in [5.74, 6) is 0.164. The molecule has 0 amide bonds. The number of hydrogen-bond donors (Lipinski definition) is 3. The van der Waals surface area contributed by atoms with Crippen LogP contribution in [0.2, 0.25) is 0 Å². The number of benzene rings is 1. The van der Waals surface area contributed by atoms with Gasteiger partial charge in [-0.05, 0) is 67.8 Å².